The van der Waals surface area contributed by atoms with E-state index in [4.69, 9.17) is 4.74 Å². The summed E-state index contributed by atoms with van der Waals surface area (Å²) < 4.78 is 47.3. The van der Waals surface area contributed by atoms with Crippen molar-refractivity contribution < 1.29 is 17.5 Å². The lowest BCUT2D eigenvalue weighted by Gasteiger charge is -2.12. The second-order valence-corrected chi connectivity index (χ2v) is 12.5. The number of hydrogen-bond donors (Lipinski definition) is 0. The van der Waals surface area contributed by atoms with E-state index in [1.165, 1.54) is 28.0 Å². The van der Waals surface area contributed by atoms with E-state index in [2.05, 4.69) is 4.98 Å². The van der Waals surface area contributed by atoms with Crippen LogP contribution in [0.1, 0.15) is 11.3 Å². The molecule has 2 aromatic carbocycles. The van der Waals surface area contributed by atoms with Crippen molar-refractivity contribution in [2.24, 2.45) is 0 Å². The minimum Gasteiger partial charge on any atom is -0.495 e. The Bertz CT molecular complexity index is 1950. The predicted molar refractivity (Wildman–Crippen MR) is 150 cm³/mol. The average Bonchev–Trinajstić information content (AvgIpc) is 3.47. The van der Waals surface area contributed by atoms with E-state index in [1.54, 1.807) is 20.4 Å². The van der Waals surface area contributed by atoms with Crippen molar-refractivity contribution in [3.05, 3.63) is 92.9 Å². The fraction of sp³-hybridized carbons (Fsp3) is 0.222. The predicted octanol–water partition coefficient (Wildman–Crippen LogP) is 3.88. The van der Waals surface area contributed by atoms with E-state index >= 15 is 0 Å². The van der Waals surface area contributed by atoms with Crippen LogP contribution in [-0.2, 0) is 16.4 Å². The average molecular weight is 569 g/mol. The van der Waals surface area contributed by atoms with Gasteiger partial charge in [-0.1, -0.05) is 6.07 Å². The molecule has 0 amide bonds. The maximum atomic E-state index is 13.7. The molecule has 0 aliphatic heterocycles. The molecule has 0 aliphatic rings. The van der Waals surface area contributed by atoms with Gasteiger partial charge in [0.2, 0.25) is 0 Å². The van der Waals surface area contributed by atoms with Crippen LogP contribution in [-0.4, -0.2) is 46.2 Å². The Morgan fingerprint density at radius 2 is 1.79 bits per heavy atom. The van der Waals surface area contributed by atoms with Crippen LogP contribution in [0.15, 0.2) is 64.6 Å². The molecule has 0 N–H and O–H groups in total. The lowest BCUT2D eigenvalue weighted by Crippen LogP contribution is -2.39. The summed E-state index contributed by atoms with van der Waals surface area (Å²) in [7, 11) is -1.85. The maximum absolute atomic E-state index is 13.7. The highest BCUT2D eigenvalue weighted by atomic mass is 32.2. The number of nitrogens with zero attached hydrogens (tertiary/aromatic N) is 4. The molecule has 0 unspecified atom stereocenters. The number of benzene rings is 2. The summed E-state index contributed by atoms with van der Waals surface area (Å²) in [5.41, 5.74) is 1.97. The number of aryl methyl sites for hydroxylation is 3. The Labute approximate surface area is 227 Å². The van der Waals surface area contributed by atoms with Gasteiger partial charge in [0, 0.05) is 23.9 Å². The molecule has 0 atom stereocenters. The summed E-state index contributed by atoms with van der Waals surface area (Å²) in [6.45, 7) is 3.53. The van der Waals surface area contributed by atoms with Gasteiger partial charge in [-0.15, -0.1) is 11.3 Å². The number of aromatic nitrogens is 4. The van der Waals surface area contributed by atoms with Crippen LogP contribution in [0.5, 0.6) is 5.75 Å². The van der Waals surface area contributed by atoms with Gasteiger partial charge in [0.05, 0.1) is 41.6 Å². The van der Waals surface area contributed by atoms with Crippen molar-refractivity contribution in [3.8, 4) is 27.6 Å². The van der Waals surface area contributed by atoms with E-state index in [-0.39, 0.29) is 18.0 Å². The highest BCUT2D eigenvalue weighted by Gasteiger charge is 2.23. The number of sulfone groups is 1. The lowest BCUT2D eigenvalue weighted by atomic mass is 10.1. The zero-order valence-electron chi connectivity index (χ0n) is 21.6. The van der Waals surface area contributed by atoms with E-state index < -0.39 is 26.9 Å². The normalized spacial score (nSPS) is 11.8. The zero-order valence-corrected chi connectivity index (χ0v) is 23.3. The van der Waals surface area contributed by atoms with E-state index in [0.29, 0.717) is 21.5 Å². The first-order valence-electron chi connectivity index (χ1n) is 11.9. The molecule has 5 rings (SSSR count). The van der Waals surface area contributed by atoms with E-state index in [0.717, 1.165) is 44.8 Å². The summed E-state index contributed by atoms with van der Waals surface area (Å²) in [6, 6.07) is 10.6. The molecule has 3 heterocycles. The molecule has 202 valence electrons. The second kappa shape index (κ2) is 9.93. The maximum Gasteiger partial charge on any atom is 0.336 e. The molecule has 0 bridgehead atoms. The Morgan fingerprint density at radius 1 is 1.08 bits per heavy atom. The van der Waals surface area contributed by atoms with Crippen LogP contribution >= 0.6 is 11.3 Å². The molecule has 0 saturated carbocycles. The standard InChI is InChI=1S/C27H25FN4O5S2/c1-16-14-30(15-29-16)21-10-5-18(13-22(21)37-3)24-17(2)23-25(33)32(20-8-6-19(28)7-9-20)27(34)31(26(23)38-24)11-12-39(4,35)36/h5-10,13-15H,11-12H2,1-4H3. The van der Waals surface area contributed by atoms with Crippen LogP contribution in [0.3, 0.4) is 0 Å². The van der Waals surface area contributed by atoms with Gasteiger partial charge in [0.1, 0.15) is 26.2 Å². The van der Waals surface area contributed by atoms with Crippen molar-refractivity contribution in [2.75, 3.05) is 19.1 Å². The quantitative estimate of drug-likeness (QED) is 0.295. The molecular formula is C27H25FN4O5S2. The van der Waals surface area contributed by atoms with Crippen LogP contribution in [0.4, 0.5) is 4.39 Å². The van der Waals surface area contributed by atoms with Gasteiger partial charge in [-0.05, 0) is 61.4 Å². The Balaban J connectivity index is 1.76. The summed E-state index contributed by atoms with van der Waals surface area (Å²) in [6.07, 6.45) is 4.66. The first kappa shape index (κ1) is 26.6. The summed E-state index contributed by atoms with van der Waals surface area (Å²) in [5.74, 6) is -0.217. The van der Waals surface area contributed by atoms with Gasteiger partial charge in [0.15, 0.2) is 0 Å². The molecule has 0 fully saturated rings. The van der Waals surface area contributed by atoms with Gasteiger partial charge >= 0.3 is 5.69 Å². The number of rotatable bonds is 7. The van der Waals surface area contributed by atoms with Crippen molar-refractivity contribution in [3.63, 3.8) is 0 Å². The number of imidazole rings is 1. The first-order chi connectivity index (χ1) is 18.5. The molecule has 9 nitrogen and oxygen atoms in total. The number of methoxy groups -OCH3 is 1. The van der Waals surface area contributed by atoms with Crippen molar-refractivity contribution in [1.82, 2.24) is 18.7 Å². The smallest absolute Gasteiger partial charge is 0.336 e. The van der Waals surface area contributed by atoms with E-state index in [9.17, 15) is 22.4 Å². The van der Waals surface area contributed by atoms with Gasteiger partial charge in [-0.25, -0.2) is 27.2 Å². The van der Waals surface area contributed by atoms with Crippen molar-refractivity contribution in [2.45, 2.75) is 20.4 Å². The summed E-state index contributed by atoms with van der Waals surface area (Å²) in [5, 5.41) is 0.292. The van der Waals surface area contributed by atoms with Gasteiger partial charge in [-0.2, -0.15) is 0 Å². The number of ether oxygens (including phenoxy) is 1. The summed E-state index contributed by atoms with van der Waals surface area (Å²) in [4.78, 5) is 32.7. The molecule has 39 heavy (non-hydrogen) atoms. The molecule has 0 radical (unpaired) electrons. The molecule has 12 heteroatoms. The largest absolute Gasteiger partial charge is 0.495 e. The Hall–Kier alpha value is -4.03. The third-order valence-corrected chi connectivity index (χ3v) is 8.70. The molecule has 0 spiro atoms. The number of thiophene rings is 1. The molecule has 0 aliphatic carbocycles. The van der Waals surface area contributed by atoms with Crippen molar-refractivity contribution in [1.29, 1.82) is 0 Å². The highest BCUT2D eigenvalue weighted by Crippen LogP contribution is 2.39. The third-order valence-electron chi connectivity index (χ3n) is 6.41. The van der Waals surface area contributed by atoms with Crippen molar-refractivity contribution >= 4 is 31.4 Å². The second-order valence-electron chi connectivity index (χ2n) is 9.23. The number of fused-ring (bicyclic) bond motifs is 1. The number of hydrogen-bond acceptors (Lipinski definition) is 7. The molecule has 0 saturated heterocycles. The number of halogens is 1. The Morgan fingerprint density at radius 3 is 2.41 bits per heavy atom. The van der Waals surface area contributed by atoms with E-state index in [1.807, 2.05) is 35.9 Å². The zero-order chi connectivity index (χ0) is 28.1. The summed E-state index contributed by atoms with van der Waals surface area (Å²) >= 11 is 1.23. The third kappa shape index (κ3) is 4.92. The SMILES string of the molecule is COc1cc(-c2sc3c(c2C)c(=O)n(-c2ccc(F)cc2)c(=O)n3CCS(C)(=O)=O)ccc1-n1cnc(C)c1. The fourth-order valence-corrected chi connectivity index (χ4v) is 6.31. The van der Waals surface area contributed by atoms with Crippen LogP contribution in [0.25, 0.3) is 32.0 Å². The van der Waals surface area contributed by atoms with Crippen LogP contribution in [0, 0.1) is 19.7 Å². The van der Waals surface area contributed by atoms with Gasteiger partial charge in [0.25, 0.3) is 5.56 Å². The highest BCUT2D eigenvalue weighted by molar-refractivity contribution is 7.90. The fourth-order valence-electron chi connectivity index (χ4n) is 4.48. The molecule has 5 aromatic rings. The van der Waals surface area contributed by atoms with Crippen LogP contribution in [0.2, 0.25) is 0 Å². The first-order valence-corrected chi connectivity index (χ1v) is 14.8. The van der Waals surface area contributed by atoms with Crippen LogP contribution < -0.4 is 16.0 Å². The Kier molecular flexibility index (Phi) is 6.77. The monoisotopic (exact) mass is 568 g/mol. The lowest BCUT2D eigenvalue weighted by molar-refractivity contribution is 0.413. The minimum absolute atomic E-state index is 0.142. The van der Waals surface area contributed by atoms with Gasteiger partial charge in [-0.3, -0.25) is 9.36 Å². The molecular weight excluding hydrogens is 543 g/mol. The molecule has 3 aromatic heterocycles. The minimum atomic E-state index is -3.41. The topological polar surface area (TPSA) is 105 Å². The van der Waals surface area contributed by atoms with Gasteiger partial charge < -0.3 is 9.30 Å².